The van der Waals surface area contributed by atoms with Crippen molar-refractivity contribution in [1.29, 1.82) is 0 Å². The highest BCUT2D eigenvalue weighted by Gasteiger charge is 2.26. The quantitative estimate of drug-likeness (QED) is 0.838. The Morgan fingerprint density at radius 2 is 2.18 bits per heavy atom. The van der Waals surface area contributed by atoms with E-state index in [1.54, 1.807) is 0 Å². The van der Waals surface area contributed by atoms with Gasteiger partial charge in [0.25, 0.3) is 0 Å². The van der Waals surface area contributed by atoms with E-state index in [1.165, 1.54) is 36.8 Å². The Kier molecular flexibility index (Phi) is 4.22. The van der Waals surface area contributed by atoms with Crippen molar-refractivity contribution in [2.24, 2.45) is 11.8 Å². The summed E-state index contributed by atoms with van der Waals surface area (Å²) in [5, 5.41) is 9.29. The normalized spacial score (nSPS) is 26.8. The number of aryl methyl sites for hydroxylation is 1. The fourth-order valence-corrected chi connectivity index (χ4v) is 3.12. The second-order valence-electron chi connectivity index (χ2n) is 5.70. The van der Waals surface area contributed by atoms with Crippen molar-refractivity contribution in [2.75, 3.05) is 6.61 Å². The minimum Gasteiger partial charge on any atom is -0.396 e. The molecule has 0 aromatic heterocycles. The largest absolute Gasteiger partial charge is 0.396 e. The third-order valence-electron chi connectivity index (χ3n) is 4.32. The lowest BCUT2D eigenvalue weighted by Gasteiger charge is -2.32. The zero-order valence-corrected chi connectivity index (χ0v) is 11.0. The van der Waals surface area contributed by atoms with Crippen LogP contribution >= 0.6 is 0 Å². The molecule has 3 atom stereocenters. The van der Waals surface area contributed by atoms with Gasteiger partial charge in [0.1, 0.15) is 0 Å². The molecule has 1 N–H and O–H groups in total. The van der Waals surface area contributed by atoms with Crippen LogP contribution in [0.25, 0.3) is 0 Å². The molecule has 0 spiro atoms. The standard InChI is InChI=1S/C16H24O/c1-12-5-3-7-15(9-12)16-8-4-6-14(10-16)13(2)11-17/h3,5,7,9,13-14,16-17H,4,6,8,10-11H2,1-2H3/t13?,14-,16+/m1/s1. The number of hydrogen-bond acceptors (Lipinski definition) is 1. The fourth-order valence-electron chi connectivity index (χ4n) is 3.12. The maximum Gasteiger partial charge on any atom is 0.0459 e. The summed E-state index contributed by atoms with van der Waals surface area (Å²) in [6, 6.07) is 8.93. The lowest BCUT2D eigenvalue weighted by atomic mass is 9.73. The van der Waals surface area contributed by atoms with Crippen LogP contribution in [0.4, 0.5) is 0 Å². The summed E-state index contributed by atoms with van der Waals surface area (Å²) in [4.78, 5) is 0. The lowest BCUT2D eigenvalue weighted by molar-refractivity contribution is 0.153. The molecule has 0 saturated heterocycles. The van der Waals surface area contributed by atoms with Gasteiger partial charge < -0.3 is 5.11 Å². The van der Waals surface area contributed by atoms with Crippen molar-refractivity contribution in [3.8, 4) is 0 Å². The highest BCUT2D eigenvalue weighted by atomic mass is 16.3. The van der Waals surface area contributed by atoms with E-state index >= 15 is 0 Å². The first-order chi connectivity index (χ1) is 8.20. The Labute approximate surface area is 105 Å². The minimum absolute atomic E-state index is 0.338. The molecular formula is C16H24O. The van der Waals surface area contributed by atoms with E-state index in [-0.39, 0.29) is 0 Å². The van der Waals surface area contributed by atoms with Gasteiger partial charge in [-0.25, -0.2) is 0 Å². The second kappa shape index (κ2) is 5.68. The van der Waals surface area contributed by atoms with Crippen LogP contribution < -0.4 is 0 Å². The molecule has 1 nitrogen and oxygen atoms in total. The third-order valence-corrected chi connectivity index (χ3v) is 4.32. The molecule has 0 amide bonds. The zero-order chi connectivity index (χ0) is 12.3. The Hall–Kier alpha value is -0.820. The molecule has 0 bridgehead atoms. The molecular weight excluding hydrogens is 208 g/mol. The molecule has 1 heteroatoms. The Morgan fingerprint density at radius 1 is 1.35 bits per heavy atom. The molecule has 0 aliphatic heterocycles. The molecule has 1 aliphatic rings. The Bertz CT molecular complexity index is 358. The number of aliphatic hydroxyl groups is 1. The van der Waals surface area contributed by atoms with Gasteiger partial charge in [0.15, 0.2) is 0 Å². The molecule has 94 valence electrons. The van der Waals surface area contributed by atoms with Crippen molar-refractivity contribution < 1.29 is 5.11 Å². The van der Waals surface area contributed by atoms with E-state index in [1.807, 2.05) is 0 Å². The van der Waals surface area contributed by atoms with Crippen molar-refractivity contribution in [2.45, 2.75) is 45.4 Å². The van der Waals surface area contributed by atoms with Gasteiger partial charge >= 0.3 is 0 Å². The van der Waals surface area contributed by atoms with Gasteiger partial charge in [-0.1, -0.05) is 49.6 Å². The Morgan fingerprint density at radius 3 is 2.88 bits per heavy atom. The van der Waals surface area contributed by atoms with Crippen LogP contribution in [0.5, 0.6) is 0 Å². The molecule has 1 fully saturated rings. The molecule has 17 heavy (non-hydrogen) atoms. The van der Waals surface area contributed by atoms with E-state index in [2.05, 4.69) is 38.1 Å². The van der Waals surface area contributed by atoms with Crippen molar-refractivity contribution >= 4 is 0 Å². The summed E-state index contributed by atoms with van der Waals surface area (Å²) < 4.78 is 0. The van der Waals surface area contributed by atoms with E-state index in [0.29, 0.717) is 24.4 Å². The third kappa shape index (κ3) is 3.10. The smallest absolute Gasteiger partial charge is 0.0459 e. The average Bonchev–Trinajstić information content (AvgIpc) is 2.38. The van der Waals surface area contributed by atoms with Crippen LogP contribution in [0.2, 0.25) is 0 Å². The molecule has 1 aromatic rings. The summed E-state index contributed by atoms with van der Waals surface area (Å²) in [5.41, 5.74) is 2.86. The van der Waals surface area contributed by atoms with Gasteiger partial charge in [-0.15, -0.1) is 0 Å². The van der Waals surface area contributed by atoms with Gasteiger partial charge in [0.2, 0.25) is 0 Å². The van der Waals surface area contributed by atoms with Crippen molar-refractivity contribution in [1.82, 2.24) is 0 Å². The highest BCUT2D eigenvalue weighted by molar-refractivity contribution is 5.25. The monoisotopic (exact) mass is 232 g/mol. The number of aliphatic hydroxyl groups excluding tert-OH is 1. The zero-order valence-electron chi connectivity index (χ0n) is 11.0. The molecule has 1 aliphatic carbocycles. The average molecular weight is 232 g/mol. The first-order valence-corrected chi connectivity index (χ1v) is 6.88. The highest BCUT2D eigenvalue weighted by Crippen LogP contribution is 2.39. The van der Waals surface area contributed by atoms with Crippen LogP contribution in [0.1, 0.15) is 49.7 Å². The number of rotatable bonds is 3. The molecule has 0 heterocycles. The summed E-state index contributed by atoms with van der Waals surface area (Å²) in [6.07, 6.45) is 5.18. The minimum atomic E-state index is 0.338. The maximum absolute atomic E-state index is 9.29. The van der Waals surface area contributed by atoms with Gasteiger partial charge in [-0.05, 0) is 43.1 Å². The van der Waals surface area contributed by atoms with Crippen molar-refractivity contribution in [3.05, 3.63) is 35.4 Å². The van der Waals surface area contributed by atoms with Gasteiger partial charge in [0.05, 0.1) is 0 Å². The Balaban J connectivity index is 2.07. The molecule has 0 radical (unpaired) electrons. The molecule has 1 aromatic carbocycles. The summed E-state index contributed by atoms with van der Waals surface area (Å²) in [7, 11) is 0. The first kappa shape index (κ1) is 12.6. The van der Waals surface area contributed by atoms with Crippen LogP contribution in [-0.4, -0.2) is 11.7 Å². The maximum atomic E-state index is 9.29. The number of hydrogen-bond donors (Lipinski definition) is 1. The lowest BCUT2D eigenvalue weighted by Crippen LogP contribution is -2.22. The SMILES string of the molecule is Cc1cccc([C@H]2CCC[C@@H](C(C)CO)C2)c1. The molecule has 2 rings (SSSR count). The summed E-state index contributed by atoms with van der Waals surface area (Å²) in [5.74, 6) is 1.88. The topological polar surface area (TPSA) is 20.2 Å². The van der Waals surface area contributed by atoms with E-state index in [4.69, 9.17) is 0 Å². The van der Waals surface area contributed by atoms with Gasteiger partial charge in [-0.3, -0.25) is 0 Å². The predicted molar refractivity (Wildman–Crippen MR) is 72.1 cm³/mol. The van der Waals surface area contributed by atoms with Crippen molar-refractivity contribution in [3.63, 3.8) is 0 Å². The summed E-state index contributed by atoms with van der Waals surface area (Å²) in [6.45, 7) is 4.69. The molecule has 1 unspecified atom stereocenters. The number of benzene rings is 1. The van der Waals surface area contributed by atoms with Crippen LogP contribution in [0.3, 0.4) is 0 Å². The van der Waals surface area contributed by atoms with Crippen LogP contribution in [0.15, 0.2) is 24.3 Å². The summed E-state index contributed by atoms with van der Waals surface area (Å²) >= 11 is 0. The van der Waals surface area contributed by atoms with E-state index in [9.17, 15) is 5.11 Å². The molecule has 1 saturated carbocycles. The predicted octanol–water partition coefficient (Wildman–Crippen LogP) is 3.90. The van der Waals surface area contributed by atoms with E-state index in [0.717, 1.165) is 0 Å². The fraction of sp³-hybridized carbons (Fsp3) is 0.625. The first-order valence-electron chi connectivity index (χ1n) is 6.88. The second-order valence-corrected chi connectivity index (χ2v) is 5.70. The van der Waals surface area contributed by atoms with Crippen LogP contribution in [0, 0.1) is 18.8 Å². The van der Waals surface area contributed by atoms with Crippen LogP contribution in [-0.2, 0) is 0 Å². The van der Waals surface area contributed by atoms with Gasteiger partial charge in [0, 0.05) is 6.61 Å². The van der Waals surface area contributed by atoms with Gasteiger partial charge in [-0.2, -0.15) is 0 Å². The van der Waals surface area contributed by atoms with E-state index < -0.39 is 0 Å².